The zero-order valence-corrected chi connectivity index (χ0v) is 10.5. The van der Waals surface area contributed by atoms with Crippen molar-refractivity contribution in [1.82, 2.24) is 0 Å². The van der Waals surface area contributed by atoms with Gasteiger partial charge in [0.05, 0.1) is 6.61 Å². The molecule has 0 aromatic rings. The Balaban J connectivity index is 3.53. The van der Waals surface area contributed by atoms with E-state index in [1.165, 1.54) is 0 Å². The van der Waals surface area contributed by atoms with Crippen molar-refractivity contribution in [3.05, 3.63) is 36.0 Å². The monoisotopic (exact) mass is 222 g/mol. The third-order valence-electron chi connectivity index (χ3n) is 2.11. The predicted molar refractivity (Wildman–Crippen MR) is 68.2 cm³/mol. The van der Waals surface area contributed by atoms with E-state index in [2.05, 4.69) is 25.2 Å². The van der Waals surface area contributed by atoms with Gasteiger partial charge in [-0.1, -0.05) is 37.3 Å². The molecule has 0 saturated heterocycles. The lowest BCUT2D eigenvalue weighted by Gasteiger charge is -2.01. The van der Waals surface area contributed by atoms with Crippen LogP contribution >= 0.6 is 0 Å². The Hall–Kier alpha value is -1.31. The van der Waals surface area contributed by atoms with Crippen LogP contribution < -0.4 is 0 Å². The van der Waals surface area contributed by atoms with Gasteiger partial charge in [-0.15, -0.1) is 0 Å². The van der Waals surface area contributed by atoms with Gasteiger partial charge in [0, 0.05) is 5.57 Å². The van der Waals surface area contributed by atoms with Gasteiger partial charge in [0.1, 0.15) is 0 Å². The van der Waals surface area contributed by atoms with Gasteiger partial charge in [-0.25, -0.2) is 4.79 Å². The van der Waals surface area contributed by atoms with Crippen molar-refractivity contribution < 1.29 is 9.53 Å². The van der Waals surface area contributed by atoms with E-state index < -0.39 is 0 Å². The lowest BCUT2D eigenvalue weighted by molar-refractivity contribution is -0.138. The summed E-state index contributed by atoms with van der Waals surface area (Å²) in [5.74, 6) is -0.221. The number of rotatable bonds is 7. The Morgan fingerprint density at radius 3 is 2.50 bits per heavy atom. The van der Waals surface area contributed by atoms with Gasteiger partial charge >= 0.3 is 5.97 Å². The summed E-state index contributed by atoms with van der Waals surface area (Å²) in [6.07, 6.45) is 13.0. The first-order valence-electron chi connectivity index (χ1n) is 5.82. The normalized spacial score (nSPS) is 12.6. The van der Waals surface area contributed by atoms with E-state index in [1.807, 2.05) is 13.0 Å². The zero-order valence-electron chi connectivity index (χ0n) is 10.5. The van der Waals surface area contributed by atoms with Crippen LogP contribution in [0.5, 0.6) is 0 Å². The van der Waals surface area contributed by atoms with Crippen LogP contribution in [0, 0.1) is 0 Å². The molecule has 0 radical (unpaired) electrons. The second-order valence-electron chi connectivity index (χ2n) is 3.48. The average molecular weight is 222 g/mol. The van der Waals surface area contributed by atoms with E-state index in [9.17, 15) is 4.79 Å². The fraction of sp³-hybridized carbons (Fsp3) is 0.500. The van der Waals surface area contributed by atoms with E-state index in [0.717, 1.165) is 19.3 Å². The Morgan fingerprint density at radius 2 is 1.88 bits per heavy atom. The van der Waals surface area contributed by atoms with Crippen LogP contribution in [0.1, 0.15) is 40.0 Å². The fourth-order valence-electron chi connectivity index (χ4n) is 1.01. The van der Waals surface area contributed by atoms with Crippen LogP contribution in [0.15, 0.2) is 36.0 Å². The highest BCUT2D eigenvalue weighted by Gasteiger charge is 2.02. The Bertz CT molecular complexity index is 272. The third kappa shape index (κ3) is 8.04. The molecule has 0 saturated carbocycles. The molecule has 0 bridgehead atoms. The van der Waals surface area contributed by atoms with Gasteiger partial charge < -0.3 is 4.74 Å². The number of esters is 1. The maximum Gasteiger partial charge on any atom is 0.333 e. The predicted octanol–water partition coefficient (Wildman–Crippen LogP) is 3.80. The fourth-order valence-corrected chi connectivity index (χ4v) is 1.01. The molecule has 0 heterocycles. The Kier molecular flexibility index (Phi) is 9.38. The number of carbonyl (C=O) groups is 1. The van der Waals surface area contributed by atoms with Crippen LogP contribution in [0.3, 0.4) is 0 Å². The van der Waals surface area contributed by atoms with Crippen molar-refractivity contribution >= 4 is 5.97 Å². The summed E-state index contributed by atoms with van der Waals surface area (Å²) in [5, 5.41) is 0. The second kappa shape index (κ2) is 10.2. The van der Waals surface area contributed by atoms with E-state index in [0.29, 0.717) is 12.2 Å². The van der Waals surface area contributed by atoms with Gasteiger partial charge in [0.15, 0.2) is 0 Å². The number of hydrogen-bond donors (Lipinski definition) is 0. The molecule has 0 unspecified atom stereocenters. The van der Waals surface area contributed by atoms with E-state index >= 15 is 0 Å². The summed E-state index contributed by atoms with van der Waals surface area (Å²) >= 11 is 0. The molecule has 16 heavy (non-hydrogen) atoms. The minimum absolute atomic E-state index is 0.221. The molecular formula is C14H22O2. The van der Waals surface area contributed by atoms with E-state index in [1.54, 1.807) is 13.0 Å². The molecule has 0 rings (SSSR count). The Morgan fingerprint density at radius 1 is 1.19 bits per heavy atom. The molecule has 2 nitrogen and oxygen atoms in total. The standard InChI is InChI=1S/C14H22O2/c1-4-6-7-8-9-10-11-12-16-14(15)13(3)5-2/h5-7,9-10H,4,8,11-12H2,1-3H3/b7-6-,10-9+,13-5+. The van der Waals surface area contributed by atoms with Crippen molar-refractivity contribution in [2.24, 2.45) is 0 Å². The summed E-state index contributed by atoms with van der Waals surface area (Å²) in [6.45, 7) is 6.16. The highest BCUT2D eigenvalue weighted by molar-refractivity contribution is 5.87. The quantitative estimate of drug-likeness (QED) is 0.283. The first kappa shape index (κ1) is 14.7. The lowest BCUT2D eigenvalue weighted by Crippen LogP contribution is -2.06. The van der Waals surface area contributed by atoms with Crippen LogP contribution in [-0.4, -0.2) is 12.6 Å². The first-order chi connectivity index (χ1) is 7.72. The lowest BCUT2D eigenvalue weighted by atomic mass is 10.3. The summed E-state index contributed by atoms with van der Waals surface area (Å²) in [7, 11) is 0. The molecule has 0 aliphatic heterocycles. The van der Waals surface area contributed by atoms with Gasteiger partial charge in [-0.2, -0.15) is 0 Å². The third-order valence-corrected chi connectivity index (χ3v) is 2.11. The summed E-state index contributed by atoms with van der Waals surface area (Å²) in [6, 6.07) is 0. The largest absolute Gasteiger partial charge is 0.462 e. The maximum atomic E-state index is 11.2. The van der Waals surface area contributed by atoms with E-state index in [-0.39, 0.29) is 5.97 Å². The molecule has 0 spiro atoms. The van der Waals surface area contributed by atoms with E-state index in [4.69, 9.17) is 4.74 Å². The van der Waals surface area contributed by atoms with Crippen molar-refractivity contribution in [3.8, 4) is 0 Å². The maximum absolute atomic E-state index is 11.2. The van der Waals surface area contributed by atoms with Crippen LogP contribution in [0.4, 0.5) is 0 Å². The summed E-state index contributed by atoms with van der Waals surface area (Å²) in [5.41, 5.74) is 0.662. The first-order valence-corrected chi connectivity index (χ1v) is 5.82. The number of hydrogen-bond acceptors (Lipinski definition) is 2. The number of ether oxygens (including phenoxy) is 1. The average Bonchev–Trinajstić information content (AvgIpc) is 2.31. The molecular weight excluding hydrogens is 200 g/mol. The van der Waals surface area contributed by atoms with Crippen molar-refractivity contribution in [3.63, 3.8) is 0 Å². The topological polar surface area (TPSA) is 26.3 Å². The molecule has 2 heteroatoms. The Labute approximate surface area is 98.7 Å². The number of allylic oxidation sites excluding steroid dienone is 4. The van der Waals surface area contributed by atoms with Crippen LogP contribution in [0.25, 0.3) is 0 Å². The SMILES string of the molecule is C/C=C(\C)C(=O)OCC/C=C/C/C=C\CC. The molecule has 0 atom stereocenters. The molecule has 0 amide bonds. The van der Waals surface area contributed by atoms with Gasteiger partial charge in [-0.05, 0) is 33.1 Å². The van der Waals surface area contributed by atoms with Crippen LogP contribution in [-0.2, 0) is 9.53 Å². The smallest absolute Gasteiger partial charge is 0.333 e. The molecule has 0 aromatic carbocycles. The van der Waals surface area contributed by atoms with Crippen molar-refractivity contribution in [2.45, 2.75) is 40.0 Å². The molecule has 0 N–H and O–H groups in total. The molecule has 0 aromatic heterocycles. The summed E-state index contributed by atoms with van der Waals surface area (Å²) < 4.78 is 5.05. The minimum atomic E-state index is -0.221. The van der Waals surface area contributed by atoms with Gasteiger partial charge in [0.2, 0.25) is 0 Å². The molecule has 0 aliphatic carbocycles. The zero-order chi connectivity index (χ0) is 12.2. The highest BCUT2D eigenvalue weighted by Crippen LogP contribution is 1.97. The minimum Gasteiger partial charge on any atom is -0.462 e. The summed E-state index contributed by atoms with van der Waals surface area (Å²) in [4.78, 5) is 11.2. The van der Waals surface area contributed by atoms with Gasteiger partial charge in [-0.3, -0.25) is 0 Å². The van der Waals surface area contributed by atoms with Crippen LogP contribution in [0.2, 0.25) is 0 Å². The van der Waals surface area contributed by atoms with Crippen molar-refractivity contribution in [2.75, 3.05) is 6.61 Å². The highest BCUT2D eigenvalue weighted by atomic mass is 16.5. The molecule has 0 fully saturated rings. The molecule has 90 valence electrons. The number of carbonyl (C=O) groups excluding carboxylic acids is 1. The van der Waals surface area contributed by atoms with Gasteiger partial charge in [0.25, 0.3) is 0 Å². The van der Waals surface area contributed by atoms with Crippen molar-refractivity contribution in [1.29, 1.82) is 0 Å². The molecule has 0 aliphatic rings. The second-order valence-corrected chi connectivity index (χ2v) is 3.48.